The first-order chi connectivity index (χ1) is 18.2. The number of halogens is 6. The summed E-state index contributed by atoms with van der Waals surface area (Å²) >= 11 is 1.48. The number of thiazole rings is 2. The number of allylic oxidation sites excluding steroid dienone is 2. The van der Waals surface area contributed by atoms with Crippen LogP contribution in [0.3, 0.4) is 0 Å². The summed E-state index contributed by atoms with van der Waals surface area (Å²) in [7, 11) is 0. The lowest BCUT2D eigenvalue weighted by molar-refractivity contribution is -0.384. The lowest BCUT2D eigenvalue weighted by Gasteiger charge is -2.16. The van der Waals surface area contributed by atoms with Gasteiger partial charge in [0.15, 0.2) is 0 Å². The number of benzene rings is 2. The van der Waals surface area contributed by atoms with Crippen molar-refractivity contribution in [3.05, 3.63) is 78.2 Å². The van der Waals surface area contributed by atoms with Crippen molar-refractivity contribution in [3.63, 3.8) is 0 Å². The largest absolute Gasteiger partial charge is 0.452 e. The van der Waals surface area contributed by atoms with Gasteiger partial charge in [0.25, 0.3) is 11.4 Å². The fourth-order valence-electron chi connectivity index (χ4n) is 3.01. The van der Waals surface area contributed by atoms with Crippen LogP contribution in [0.15, 0.2) is 47.9 Å². The quantitative estimate of drug-likeness (QED) is 0.0689. The van der Waals surface area contributed by atoms with Crippen LogP contribution in [-0.4, -0.2) is 39.0 Å². The lowest BCUT2D eigenvalue weighted by Crippen LogP contribution is -2.19. The molecule has 2 aromatic carbocycles. The summed E-state index contributed by atoms with van der Waals surface area (Å²) in [6.45, 7) is -1.50. The van der Waals surface area contributed by atoms with Crippen molar-refractivity contribution in [3.8, 4) is 0 Å². The Morgan fingerprint density at radius 3 is 1.49 bits per heavy atom. The lowest BCUT2D eigenvalue weighted by atomic mass is 10.3. The van der Waals surface area contributed by atoms with Gasteiger partial charge in [-0.15, -0.1) is 22.7 Å². The topological polar surface area (TPSA) is 131 Å². The molecule has 0 amide bonds. The molecule has 0 aliphatic carbocycles. The molecule has 0 aliphatic rings. The SMILES string of the molecule is O=[N+]([O-])c1ccc2sc(/C=C(\OCO/C(=C\c3nc4cc([N+](=O)[O-])ccc4s3)C(F)(F)F)C(F)(F)F)nc2c1. The molecular formula is C21H10F6N4O6S2. The third-order valence-corrected chi connectivity index (χ3v) is 6.66. The Bertz CT molecular complexity index is 1520. The molecule has 4 aromatic rings. The standard InChI is InChI=1S/C21H10F6N4O6S2/c22-20(23,24)16(7-18-28-12-5-10(30(32)33)1-3-14(12)38-18)36-9-37-17(21(25,26)27)8-19-29-13-6-11(31(34)35)2-4-15(13)39-19/h1-8H,9H2/b16-7-,17-8-. The van der Waals surface area contributed by atoms with Gasteiger partial charge in [-0.3, -0.25) is 20.2 Å². The van der Waals surface area contributed by atoms with Crippen LogP contribution in [0.2, 0.25) is 0 Å². The van der Waals surface area contributed by atoms with Gasteiger partial charge in [-0.1, -0.05) is 0 Å². The van der Waals surface area contributed by atoms with Gasteiger partial charge in [-0.2, -0.15) is 26.3 Å². The first-order valence-corrected chi connectivity index (χ1v) is 11.8. The molecule has 0 unspecified atom stereocenters. The van der Waals surface area contributed by atoms with E-state index in [1.807, 2.05) is 0 Å². The minimum atomic E-state index is -5.14. The van der Waals surface area contributed by atoms with E-state index in [2.05, 4.69) is 19.4 Å². The van der Waals surface area contributed by atoms with Crippen LogP contribution in [0.1, 0.15) is 10.0 Å². The molecule has 0 radical (unpaired) electrons. The number of ether oxygens (including phenoxy) is 2. The molecule has 2 heterocycles. The molecule has 0 saturated carbocycles. The first-order valence-electron chi connectivity index (χ1n) is 10.1. The molecule has 0 spiro atoms. The van der Waals surface area contributed by atoms with Crippen molar-refractivity contribution in [2.75, 3.05) is 6.79 Å². The van der Waals surface area contributed by atoms with E-state index in [0.717, 1.165) is 46.9 Å². The average Bonchev–Trinajstić information content (AvgIpc) is 3.43. The van der Waals surface area contributed by atoms with Crippen molar-refractivity contribution < 1.29 is 45.7 Å². The molecule has 4 rings (SSSR count). The molecule has 0 fully saturated rings. The molecular weight excluding hydrogens is 582 g/mol. The fraction of sp³-hybridized carbons (Fsp3) is 0.143. The van der Waals surface area contributed by atoms with Gasteiger partial charge in [0.05, 0.1) is 30.3 Å². The van der Waals surface area contributed by atoms with E-state index in [-0.39, 0.29) is 32.4 Å². The highest BCUT2D eigenvalue weighted by atomic mass is 32.1. The summed E-state index contributed by atoms with van der Waals surface area (Å²) in [5, 5.41) is 21.2. The maximum absolute atomic E-state index is 13.5. The van der Waals surface area contributed by atoms with Crippen LogP contribution in [0, 0.1) is 20.2 Å². The van der Waals surface area contributed by atoms with Crippen LogP contribution in [0.5, 0.6) is 0 Å². The summed E-state index contributed by atoms with van der Waals surface area (Å²) in [6.07, 6.45) is -9.43. The Kier molecular flexibility index (Phi) is 7.42. The van der Waals surface area contributed by atoms with Crippen molar-refractivity contribution in [2.24, 2.45) is 0 Å². The van der Waals surface area contributed by atoms with E-state index >= 15 is 0 Å². The van der Waals surface area contributed by atoms with Gasteiger partial charge in [0.1, 0.15) is 10.0 Å². The normalized spacial score (nSPS) is 13.2. The predicted octanol–water partition coefficient (Wildman–Crippen LogP) is 7.22. The number of fused-ring (bicyclic) bond motifs is 2. The summed E-state index contributed by atoms with van der Waals surface area (Å²) in [4.78, 5) is 28.1. The predicted molar refractivity (Wildman–Crippen MR) is 128 cm³/mol. The van der Waals surface area contributed by atoms with Crippen molar-refractivity contribution in [1.82, 2.24) is 9.97 Å². The fourth-order valence-corrected chi connectivity index (χ4v) is 4.77. The van der Waals surface area contributed by atoms with Gasteiger partial charge < -0.3 is 9.47 Å². The molecule has 0 atom stereocenters. The average molecular weight is 592 g/mol. The molecule has 0 bridgehead atoms. The van der Waals surface area contributed by atoms with E-state index in [1.165, 1.54) is 12.1 Å². The van der Waals surface area contributed by atoms with Gasteiger partial charge >= 0.3 is 12.4 Å². The molecule has 0 saturated heterocycles. The Hall–Kier alpha value is -4.32. The number of nitro benzene ring substituents is 2. The van der Waals surface area contributed by atoms with E-state index in [0.29, 0.717) is 21.6 Å². The van der Waals surface area contributed by atoms with Crippen molar-refractivity contribution in [1.29, 1.82) is 0 Å². The second kappa shape index (κ2) is 10.4. The van der Waals surface area contributed by atoms with E-state index in [1.54, 1.807) is 0 Å². The number of non-ortho nitro benzene ring substituents is 2. The third-order valence-electron chi connectivity index (χ3n) is 4.69. The summed E-state index contributed by atoms with van der Waals surface area (Å²) < 4.78 is 90.5. The van der Waals surface area contributed by atoms with Gasteiger partial charge in [0, 0.05) is 36.4 Å². The van der Waals surface area contributed by atoms with E-state index in [4.69, 9.17) is 0 Å². The van der Waals surface area contributed by atoms with Crippen LogP contribution >= 0.6 is 22.7 Å². The van der Waals surface area contributed by atoms with Crippen molar-refractivity contribution >= 4 is 66.6 Å². The highest BCUT2D eigenvalue weighted by Gasteiger charge is 2.39. The molecule has 0 aliphatic heterocycles. The number of aromatic nitrogens is 2. The molecule has 18 heteroatoms. The Balaban J connectivity index is 1.55. The number of rotatable bonds is 8. The van der Waals surface area contributed by atoms with Gasteiger partial charge in [0.2, 0.25) is 18.3 Å². The number of nitrogens with zero attached hydrogens (tertiary/aromatic N) is 4. The highest BCUT2D eigenvalue weighted by Crippen LogP contribution is 2.34. The number of nitro groups is 2. The zero-order valence-electron chi connectivity index (χ0n) is 18.6. The van der Waals surface area contributed by atoms with Crippen LogP contribution in [0.4, 0.5) is 37.7 Å². The molecule has 0 N–H and O–H groups in total. The molecule has 2 aromatic heterocycles. The van der Waals surface area contributed by atoms with Crippen molar-refractivity contribution in [2.45, 2.75) is 12.4 Å². The number of hydrogen-bond donors (Lipinski definition) is 0. The third kappa shape index (κ3) is 6.58. The first kappa shape index (κ1) is 27.7. The minimum absolute atomic E-state index is 0.0432. The minimum Gasteiger partial charge on any atom is -0.452 e. The Morgan fingerprint density at radius 1 is 0.769 bits per heavy atom. The maximum atomic E-state index is 13.5. The highest BCUT2D eigenvalue weighted by molar-refractivity contribution is 7.19. The van der Waals surface area contributed by atoms with E-state index in [9.17, 15) is 46.6 Å². The van der Waals surface area contributed by atoms with Gasteiger partial charge in [-0.25, -0.2) is 9.97 Å². The second-order valence-electron chi connectivity index (χ2n) is 7.34. The molecule has 39 heavy (non-hydrogen) atoms. The molecule has 204 valence electrons. The Morgan fingerprint density at radius 2 is 1.15 bits per heavy atom. The molecule has 10 nitrogen and oxygen atoms in total. The van der Waals surface area contributed by atoms with Gasteiger partial charge in [-0.05, 0) is 12.1 Å². The second-order valence-corrected chi connectivity index (χ2v) is 9.47. The zero-order valence-corrected chi connectivity index (χ0v) is 20.3. The monoisotopic (exact) mass is 592 g/mol. The summed E-state index contributed by atoms with van der Waals surface area (Å²) in [6, 6.07) is 6.98. The van der Waals surface area contributed by atoms with Crippen LogP contribution in [-0.2, 0) is 9.47 Å². The summed E-state index contributed by atoms with van der Waals surface area (Å²) in [5.74, 6) is -3.44. The van der Waals surface area contributed by atoms with E-state index < -0.39 is 40.5 Å². The Labute approximate surface area is 219 Å². The number of hydrogen-bond acceptors (Lipinski definition) is 10. The maximum Gasteiger partial charge on any atom is 0.449 e. The number of alkyl halides is 6. The summed E-state index contributed by atoms with van der Waals surface area (Å²) in [5.41, 5.74) is -0.577. The smallest absolute Gasteiger partial charge is 0.449 e. The zero-order chi connectivity index (χ0) is 28.5. The van der Waals surface area contributed by atoms with Crippen LogP contribution in [0.25, 0.3) is 32.6 Å². The van der Waals surface area contributed by atoms with Crippen LogP contribution < -0.4 is 0 Å².